The lowest BCUT2D eigenvalue weighted by Crippen LogP contribution is -2.36. The minimum atomic E-state index is -1.21. The summed E-state index contributed by atoms with van der Waals surface area (Å²) < 4.78 is 0. The number of likely N-dealkylation sites (N-methyl/N-ethyl adjacent to an activating group) is 1. The van der Waals surface area contributed by atoms with Gasteiger partial charge in [0, 0.05) is 14.1 Å². The number of carboxylic acid groups (broad SMARTS) is 1. The van der Waals surface area contributed by atoms with Crippen LogP contribution in [-0.2, 0) is 14.4 Å². The Morgan fingerprint density at radius 2 is 1.85 bits per heavy atom. The Hall–Kier alpha value is -1.59. The first-order chi connectivity index (χ1) is 5.93. The fraction of sp³-hybridized carbons (Fsp3) is 0.571. The van der Waals surface area contributed by atoms with E-state index >= 15 is 0 Å². The SMILES string of the molecule is CN(C)C(=O)CNC(=O)CC(=O)O. The smallest absolute Gasteiger partial charge is 0.312 e. The molecule has 0 aliphatic carbocycles. The molecule has 0 fully saturated rings. The lowest BCUT2D eigenvalue weighted by atomic mass is 10.4. The fourth-order valence-electron chi connectivity index (χ4n) is 0.532. The Balaban J connectivity index is 3.70. The highest BCUT2D eigenvalue weighted by atomic mass is 16.4. The van der Waals surface area contributed by atoms with E-state index in [1.807, 2.05) is 0 Å². The van der Waals surface area contributed by atoms with E-state index in [1.54, 1.807) is 14.1 Å². The molecule has 6 heteroatoms. The van der Waals surface area contributed by atoms with E-state index in [0.717, 1.165) is 0 Å². The first-order valence-electron chi connectivity index (χ1n) is 3.62. The van der Waals surface area contributed by atoms with Crippen LogP contribution >= 0.6 is 0 Å². The molecule has 0 aromatic heterocycles. The first kappa shape index (κ1) is 11.4. The van der Waals surface area contributed by atoms with Crippen LogP contribution in [0.1, 0.15) is 6.42 Å². The van der Waals surface area contributed by atoms with E-state index in [4.69, 9.17) is 5.11 Å². The van der Waals surface area contributed by atoms with E-state index in [2.05, 4.69) is 5.32 Å². The lowest BCUT2D eigenvalue weighted by Gasteiger charge is -2.10. The van der Waals surface area contributed by atoms with Crippen LogP contribution in [0.15, 0.2) is 0 Å². The summed E-state index contributed by atoms with van der Waals surface area (Å²) in [6, 6.07) is 0. The molecule has 0 heterocycles. The Morgan fingerprint density at radius 3 is 2.23 bits per heavy atom. The zero-order valence-electron chi connectivity index (χ0n) is 7.53. The van der Waals surface area contributed by atoms with Gasteiger partial charge in [0.1, 0.15) is 6.42 Å². The molecule has 0 aliphatic heterocycles. The maximum absolute atomic E-state index is 10.9. The third-order valence-electron chi connectivity index (χ3n) is 1.25. The summed E-state index contributed by atoms with van der Waals surface area (Å²) in [6.45, 7) is -0.168. The monoisotopic (exact) mass is 188 g/mol. The number of hydrogen-bond acceptors (Lipinski definition) is 3. The Labute approximate surface area is 75.5 Å². The molecule has 6 nitrogen and oxygen atoms in total. The molecular formula is C7H12N2O4. The molecule has 0 aromatic carbocycles. The molecule has 0 spiro atoms. The van der Waals surface area contributed by atoms with Crippen LogP contribution in [0.4, 0.5) is 0 Å². The molecule has 0 rings (SSSR count). The first-order valence-corrected chi connectivity index (χ1v) is 3.62. The molecule has 0 radical (unpaired) electrons. The molecule has 74 valence electrons. The van der Waals surface area contributed by atoms with Crippen LogP contribution in [0.3, 0.4) is 0 Å². The Morgan fingerprint density at radius 1 is 1.31 bits per heavy atom. The average Bonchev–Trinajstić information content (AvgIpc) is 1.98. The normalized spacial score (nSPS) is 9.08. The summed E-state index contributed by atoms with van der Waals surface area (Å²) in [5.74, 6) is -2.16. The fourth-order valence-corrected chi connectivity index (χ4v) is 0.532. The molecule has 0 aromatic rings. The van der Waals surface area contributed by atoms with Crippen molar-refractivity contribution < 1.29 is 19.5 Å². The van der Waals surface area contributed by atoms with E-state index in [-0.39, 0.29) is 12.5 Å². The molecule has 0 unspecified atom stereocenters. The second kappa shape index (κ2) is 5.13. The van der Waals surface area contributed by atoms with Crippen molar-refractivity contribution in [2.75, 3.05) is 20.6 Å². The number of aliphatic carboxylic acids is 1. The number of nitrogens with zero attached hydrogens (tertiary/aromatic N) is 1. The lowest BCUT2D eigenvalue weighted by molar-refractivity contribution is -0.141. The maximum atomic E-state index is 10.9. The van der Waals surface area contributed by atoms with E-state index < -0.39 is 18.3 Å². The van der Waals surface area contributed by atoms with Crippen LogP contribution in [0.2, 0.25) is 0 Å². The van der Waals surface area contributed by atoms with Crippen molar-refractivity contribution >= 4 is 17.8 Å². The summed E-state index contributed by atoms with van der Waals surface area (Å²) in [5.41, 5.74) is 0. The van der Waals surface area contributed by atoms with E-state index in [1.165, 1.54) is 4.90 Å². The third kappa shape index (κ3) is 5.66. The highest BCUT2D eigenvalue weighted by Crippen LogP contribution is 1.80. The van der Waals surface area contributed by atoms with Gasteiger partial charge in [-0.3, -0.25) is 14.4 Å². The highest BCUT2D eigenvalue weighted by molar-refractivity contribution is 5.95. The summed E-state index contributed by atoms with van der Waals surface area (Å²) in [7, 11) is 3.09. The number of carbonyl (C=O) groups excluding carboxylic acids is 2. The van der Waals surface area contributed by atoms with Crippen molar-refractivity contribution in [2.24, 2.45) is 0 Å². The number of carboxylic acids is 1. The zero-order valence-corrected chi connectivity index (χ0v) is 7.53. The second-order valence-corrected chi connectivity index (χ2v) is 2.64. The van der Waals surface area contributed by atoms with Crippen LogP contribution in [0, 0.1) is 0 Å². The van der Waals surface area contributed by atoms with Crippen LogP contribution in [-0.4, -0.2) is 48.4 Å². The molecule has 0 saturated heterocycles. The summed E-state index contributed by atoms with van der Waals surface area (Å²) in [6.07, 6.45) is -0.610. The minimum absolute atomic E-state index is 0.168. The van der Waals surface area contributed by atoms with Gasteiger partial charge < -0.3 is 15.3 Å². The molecule has 0 bridgehead atoms. The molecule has 2 amide bonds. The van der Waals surface area contributed by atoms with Crippen molar-refractivity contribution in [3.8, 4) is 0 Å². The summed E-state index contributed by atoms with van der Waals surface area (Å²) in [4.78, 5) is 33.0. The van der Waals surface area contributed by atoms with Gasteiger partial charge >= 0.3 is 5.97 Å². The van der Waals surface area contributed by atoms with Crippen molar-refractivity contribution in [2.45, 2.75) is 6.42 Å². The molecule has 0 atom stereocenters. The molecule has 13 heavy (non-hydrogen) atoms. The van der Waals surface area contributed by atoms with Gasteiger partial charge in [-0.1, -0.05) is 0 Å². The van der Waals surface area contributed by atoms with Gasteiger partial charge in [-0.05, 0) is 0 Å². The minimum Gasteiger partial charge on any atom is -0.481 e. The molecular weight excluding hydrogens is 176 g/mol. The Bertz CT molecular complexity index is 225. The van der Waals surface area contributed by atoms with Crippen LogP contribution in [0.25, 0.3) is 0 Å². The van der Waals surface area contributed by atoms with Gasteiger partial charge in [0.2, 0.25) is 11.8 Å². The predicted molar refractivity (Wildman–Crippen MR) is 44.0 cm³/mol. The predicted octanol–water partition coefficient (Wildman–Crippen LogP) is -1.33. The molecule has 0 saturated carbocycles. The van der Waals surface area contributed by atoms with E-state index in [0.29, 0.717) is 0 Å². The van der Waals surface area contributed by atoms with Gasteiger partial charge in [-0.2, -0.15) is 0 Å². The van der Waals surface area contributed by atoms with Crippen molar-refractivity contribution in [1.82, 2.24) is 10.2 Å². The van der Waals surface area contributed by atoms with Crippen molar-refractivity contribution in [1.29, 1.82) is 0 Å². The van der Waals surface area contributed by atoms with Gasteiger partial charge in [0.05, 0.1) is 6.54 Å². The number of amides is 2. The average molecular weight is 188 g/mol. The van der Waals surface area contributed by atoms with Crippen LogP contribution in [0.5, 0.6) is 0 Å². The van der Waals surface area contributed by atoms with Gasteiger partial charge in [-0.15, -0.1) is 0 Å². The van der Waals surface area contributed by atoms with Gasteiger partial charge in [-0.25, -0.2) is 0 Å². The van der Waals surface area contributed by atoms with Crippen molar-refractivity contribution in [3.05, 3.63) is 0 Å². The van der Waals surface area contributed by atoms with Crippen LogP contribution < -0.4 is 5.32 Å². The highest BCUT2D eigenvalue weighted by Gasteiger charge is 2.09. The van der Waals surface area contributed by atoms with Gasteiger partial charge in [0.15, 0.2) is 0 Å². The number of carbonyl (C=O) groups is 3. The summed E-state index contributed by atoms with van der Waals surface area (Å²) in [5, 5.41) is 10.4. The Kier molecular flexibility index (Phi) is 4.50. The summed E-state index contributed by atoms with van der Waals surface area (Å²) >= 11 is 0. The maximum Gasteiger partial charge on any atom is 0.312 e. The topological polar surface area (TPSA) is 86.7 Å². The molecule has 2 N–H and O–H groups in total. The quantitative estimate of drug-likeness (QED) is 0.535. The zero-order chi connectivity index (χ0) is 10.4. The van der Waals surface area contributed by atoms with Gasteiger partial charge in [0.25, 0.3) is 0 Å². The largest absolute Gasteiger partial charge is 0.481 e. The van der Waals surface area contributed by atoms with Crippen molar-refractivity contribution in [3.63, 3.8) is 0 Å². The number of nitrogens with one attached hydrogen (secondary N) is 1. The van der Waals surface area contributed by atoms with E-state index in [9.17, 15) is 14.4 Å². The number of rotatable bonds is 4. The number of hydrogen-bond donors (Lipinski definition) is 2. The second-order valence-electron chi connectivity index (χ2n) is 2.64. The standard InChI is InChI=1S/C7H12N2O4/c1-9(2)6(11)4-8-5(10)3-7(12)13/h3-4H2,1-2H3,(H,8,10)(H,12,13). The third-order valence-corrected chi connectivity index (χ3v) is 1.25. The molecule has 0 aliphatic rings.